The zero-order valence-corrected chi connectivity index (χ0v) is 16.3. The van der Waals surface area contributed by atoms with E-state index >= 15 is 0 Å². The molecule has 0 saturated heterocycles. The highest BCUT2D eigenvalue weighted by Gasteiger charge is 2.21. The maximum absolute atomic E-state index is 12.6. The summed E-state index contributed by atoms with van der Waals surface area (Å²) >= 11 is 6.11. The molecule has 0 aliphatic carbocycles. The average Bonchev–Trinajstić information content (AvgIpc) is 3.15. The molecule has 4 rings (SSSR count). The predicted molar refractivity (Wildman–Crippen MR) is 110 cm³/mol. The Labute approximate surface area is 168 Å². The van der Waals surface area contributed by atoms with Crippen LogP contribution in [0.25, 0.3) is 0 Å². The van der Waals surface area contributed by atoms with E-state index in [9.17, 15) is 4.79 Å². The van der Waals surface area contributed by atoms with Crippen LogP contribution < -0.4 is 15.0 Å². The van der Waals surface area contributed by atoms with Crippen molar-refractivity contribution in [3.8, 4) is 5.75 Å². The summed E-state index contributed by atoms with van der Waals surface area (Å²) in [4.78, 5) is 23.5. The van der Waals surface area contributed by atoms with E-state index in [1.165, 1.54) is 18.9 Å². The van der Waals surface area contributed by atoms with Gasteiger partial charge in [-0.15, -0.1) is 0 Å². The van der Waals surface area contributed by atoms with E-state index in [4.69, 9.17) is 16.3 Å². The van der Waals surface area contributed by atoms with Crippen molar-refractivity contribution < 1.29 is 9.53 Å². The smallest absolute Gasteiger partial charge is 0.275 e. The lowest BCUT2D eigenvalue weighted by Crippen LogP contribution is -2.18. The minimum Gasteiger partial charge on any atom is -0.495 e. The minimum absolute atomic E-state index is 0.228. The standard InChI is InChI=1S/C21H19ClN4O2/c1-13-9-16(19(28-2)10-15(13)22)25-21(27)17-11-24-20(12-23-17)26-8-7-14-5-3-4-6-18(14)26/h3-6,9-12H,7-8H2,1-2H3,(H,25,27). The van der Waals surface area contributed by atoms with Gasteiger partial charge in [0.05, 0.1) is 25.2 Å². The number of amides is 1. The Balaban J connectivity index is 1.54. The van der Waals surface area contributed by atoms with Gasteiger partial charge in [-0.3, -0.25) is 4.79 Å². The first-order chi connectivity index (χ1) is 13.6. The molecule has 28 heavy (non-hydrogen) atoms. The molecule has 0 fully saturated rings. The molecule has 3 aromatic rings. The van der Waals surface area contributed by atoms with Gasteiger partial charge < -0.3 is 15.0 Å². The highest BCUT2D eigenvalue weighted by molar-refractivity contribution is 6.31. The fourth-order valence-corrected chi connectivity index (χ4v) is 3.42. The summed E-state index contributed by atoms with van der Waals surface area (Å²) < 4.78 is 5.30. The first kappa shape index (κ1) is 18.3. The van der Waals surface area contributed by atoms with Gasteiger partial charge in [-0.25, -0.2) is 9.97 Å². The Morgan fingerprint density at radius 3 is 2.79 bits per heavy atom. The summed E-state index contributed by atoms with van der Waals surface area (Å²) in [5, 5.41) is 3.39. The number of fused-ring (bicyclic) bond motifs is 1. The third-order valence-electron chi connectivity index (χ3n) is 4.76. The van der Waals surface area contributed by atoms with Gasteiger partial charge in [-0.05, 0) is 36.6 Å². The van der Waals surface area contributed by atoms with Crippen molar-refractivity contribution in [1.82, 2.24) is 9.97 Å². The molecule has 1 aromatic heterocycles. The van der Waals surface area contributed by atoms with E-state index in [1.807, 2.05) is 19.1 Å². The largest absolute Gasteiger partial charge is 0.495 e. The zero-order valence-electron chi connectivity index (χ0n) is 15.6. The number of nitrogens with one attached hydrogen (secondary N) is 1. The molecular formula is C21H19ClN4O2. The van der Waals surface area contributed by atoms with Crippen LogP contribution in [0.3, 0.4) is 0 Å². The van der Waals surface area contributed by atoms with E-state index in [-0.39, 0.29) is 11.6 Å². The molecule has 0 radical (unpaired) electrons. The summed E-state index contributed by atoms with van der Waals surface area (Å²) in [5.74, 6) is 0.851. The Kier molecular flexibility index (Phi) is 4.88. The minimum atomic E-state index is -0.360. The molecule has 0 unspecified atom stereocenters. The van der Waals surface area contributed by atoms with Gasteiger partial charge in [0, 0.05) is 23.3 Å². The molecule has 1 N–H and O–H groups in total. The van der Waals surface area contributed by atoms with E-state index in [1.54, 1.807) is 18.3 Å². The number of hydrogen-bond acceptors (Lipinski definition) is 5. The van der Waals surface area contributed by atoms with Gasteiger partial charge in [-0.2, -0.15) is 0 Å². The number of carbonyl (C=O) groups is 1. The molecule has 1 amide bonds. The lowest BCUT2D eigenvalue weighted by atomic mass is 10.2. The number of aromatic nitrogens is 2. The summed E-state index contributed by atoms with van der Waals surface area (Å²) in [6.07, 6.45) is 4.08. The van der Waals surface area contributed by atoms with Gasteiger partial charge >= 0.3 is 0 Å². The second kappa shape index (κ2) is 7.48. The summed E-state index contributed by atoms with van der Waals surface area (Å²) in [6.45, 7) is 2.71. The number of ether oxygens (including phenoxy) is 1. The fraction of sp³-hybridized carbons (Fsp3) is 0.190. The van der Waals surface area contributed by atoms with Crippen LogP contribution in [-0.2, 0) is 6.42 Å². The molecule has 1 aliphatic rings. The Morgan fingerprint density at radius 2 is 2.04 bits per heavy atom. The topological polar surface area (TPSA) is 67.3 Å². The fourth-order valence-electron chi connectivity index (χ4n) is 3.27. The molecule has 1 aliphatic heterocycles. The molecular weight excluding hydrogens is 376 g/mol. The summed E-state index contributed by atoms with van der Waals surface area (Å²) in [6, 6.07) is 11.7. The van der Waals surface area contributed by atoms with Gasteiger partial charge in [0.25, 0.3) is 5.91 Å². The van der Waals surface area contributed by atoms with E-state index in [0.717, 1.165) is 30.0 Å². The molecule has 0 bridgehead atoms. The van der Waals surface area contributed by atoms with E-state index in [2.05, 4.69) is 32.3 Å². The van der Waals surface area contributed by atoms with Crippen molar-refractivity contribution in [2.45, 2.75) is 13.3 Å². The number of halogens is 1. The molecule has 0 spiro atoms. The van der Waals surface area contributed by atoms with Gasteiger partial charge in [-0.1, -0.05) is 29.8 Å². The van der Waals surface area contributed by atoms with Crippen LogP contribution in [-0.4, -0.2) is 29.5 Å². The second-order valence-corrected chi connectivity index (χ2v) is 6.95. The van der Waals surface area contributed by atoms with Crippen molar-refractivity contribution in [1.29, 1.82) is 0 Å². The van der Waals surface area contributed by atoms with Gasteiger partial charge in [0.2, 0.25) is 0 Å². The predicted octanol–water partition coefficient (Wildman–Crippen LogP) is 4.39. The number of benzene rings is 2. The van der Waals surface area contributed by atoms with E-state index in [0.29, 0.717) is 16.5 Å². The SMILES string of the molecule is COc1cc(Cl)c(C)cc1NC(=O)c1cnc(N2CCc3ccccc32)cn1. The number of anilines is 3. The van der Waals surface area contributed by atoms with Crippen LogP contribution in [0, 0.1) is 6.92 Å². The number of hydrogen-bond donors (Lipinski definition) is 1. The number of rotatable bonds is 4. The number of methoxy groups -OCH3 is 1. The zero-order chi connectivity index (χ0) is 19.7. The monoisotopic (exact) mass is 394 g/mol. The quantitative estimate of drug-likeness (QED) is 0.710. The third kappa shape index (κ3) is 3.39. The van der Waals surface area contributed by atoms with Crippen molar-refractivity contribution in [3.63, 3.8) is 0 Å². The number of aryl methyl sites for hydroxylation is 1. The highest BCUT2D eigenvalue weighted by Crippen LogP contribution is 2.33. The lowest BCUT2D eigenvalue weighted by molar-refractivity contribution is 0.102. The molecule has 0 atom stereocenters. The molecule has 142 valence electrons. The second-order valence-electron chi connectivity index (χ2n) is 6.55. The highest BCUT2D eigenvalue weighted by atomic mass is 35.5. The maximum atomic E-state index is 12.6. The van der Waals surface area contributed by atoms with Crippen LogP contribution >= 0.6 is 11.6 Å². The summed E-state index contributed by atoms with van der Waals surface area (Å²) in [5.41, 5.74) is 4.03. The maximum Gasteiger partial charge on any atom is 0.275 e. The van der Waals surface area contributed by atoms with Crippen LogP contribution in [0.15, 0.2) is 48.8 Å². The summed E-state index contributed by atoms with van der Waals surface area (Å²) in [7, 11) is 1.53. The number of para-hydroxylation sites is 1. The molecule has 0 saturated carbocycles. The van der Waals surface area contributed by atoms with Gasteiger partial charge in [0.1, 0.15) is 11.4 Å². The number of carbonyl (C=O) groups excluding carboxylic acids is 1. The number of nitrogens with zero attached hydrogens (tertiary/aromatic N) is 3. The third-order valence-corrected chi connectivity index (χ3v) is 5.17. The molecule has 2 heterocycles. The van der Waals surface area contributed by atoms with Crippen LogP contribution in [0.5, 0.6) is 5.75 Å². The Hall–Kier alpha value is -3.12. The first-order valence-electron chi connectivity index (χ1n) is 8.90. The van der Waals surface area contributed by atoms with Crippen LogP contribution in [0.2, 0.25) is 5.02 Å². The first-order valence-corrected chi connectivity index (χ1v) is 9.27. The molecule has 7 heteroatoms. The van der Waals surface area contributed by atoms with Gasteiger partial charge in [0.15, 0.2) is 5.82 Å². The van der Waals surface area contributed by atoms with Crippen molar-refractivity contribution in [3.05, 3.63) is 70.6 Å². The molecule has 6 nitrogen and oxygen atoms in total. The average molecular weight is 395 g/mol. The molecule has 2 aromatic carbocycles. The Bertz CT molecular complexity index is 1040. The van der Waals surface area contributed by atoms with Crippen LogP contribution in [0.1, 0.15) is 21.6 Å². The Morgan fingerprint density at radius 1 is 1.21 bits per heavy atom. The normalized spacial score (nSPS) is 12.6. The lowest BCUT2D eigenvalue weighted by Gasteiger charge is -2.18. The van der Waals surface area contributed by atoms with Crippen LogP contribution in [0.4, 0.5) is 17.2 Å². The van der Waals surface area contributed by atoms with Crippen molar-refractivity contribution >= 4 is 34.7 Å². The van der Waals surface area contributed by atoms with Crippen molar-refractivity contribution in [2.75, 3.05) is 23.9 Å². The van der Waals surface area contributed by atoms with E-state index < -0.39 is 0 Å². The van der Waals surface area contributed by atoms with Crippen molar-refractivity contribution in [2.24, 2.45) is 0 Å².